The molecule has 0 aromatic rings. The van der Waals surface area contributed by atoms with E-state index in [1.54, 1.807) is 0 Å². The quantitative estimate of drug-likeness (QED) is 0.595. The molecule has 4 nitrogen and oxygen atoms in total. The number of carbonyl (C=O) groups excluding carboxylic acids is 1. The number of nitrogens with one attached hydrogen (secondary N) is 1. The molecular weight excluding hydrogens is 264 g/mol. The van der Waals surface area contributed by atoms with E-state index < -0.39 is 5.54 Å². The lowest BCUT2D eigenvalue weighted by atomic mass is 9.96. The van der Waals surface area contributed by atoms with Crippen LogP contribution in [0.15, 0.2) is 0 Å². The molecule has 2 saturated carbocycles. The third-order valence-electron chi connectivity index (χ3n) is 4.86. The van der Waals surface area contributed by atoms with Crippen LogP contribution in [0.1, 0.15) is 52.4 Å². The van der Waals surface area contributed by atoms with Gasteiger partial charge in [-0.05, 0) is 77.8 Å². The Bertz CT molecular complexity index is 326. The second kappa shape index (κ2) is 7.59. The van der Waals surface area contributed by atoms with Crippen molar-refractivity contribution in [2.45, 2.75) is 57.9 Å². The summed E-state index contributed by atoms with van der Waals surface area (Å²) in [6.07, 6.45) is 7.55. The molecule has 0 bridgehead atoms. The van der Waals surface area contributed by atoms with Gasteiger partial charge in [0, 0.05) is 13.1 Å². The Morgan fingerprint density at radius 1 is 1.24 bits per heavy atom. The van der Waals surface area contributed by atoms with Crippen LogP contribution in [0.25, 0.3) is 0 Å². The average Bonchev–Trinajstić information content (AvgIpc) is 3.35. The van der Waals surface area contributed by atoms with E-state index in [-0.39, 0.29) is 5.97 Å². The maximum atomic E-state index is 12.0. The largest absolute Gasteiger partial charge is 0.465 e. The van der Waals surface area contributed by atoms with Crippen LogP contribution >= 0.6 is 0 Å². The third kappa shape index (κ3) is 5.59. The molecule has 0 aromatic heterocycles. The molecular formula is C17H32N2O2. The summed E-state index contributed by atoms with van der Waals surface area (Å²) in [5.41, 5.74) is -0.541. The standard InChI is InChI=1S/C17H32N2O2/c1-4-21-16(20)17(2,18-3)10-5-11-19(12-14-6-7-14)13-15-8-9-15/h14-15,18H,4-13H2,1-3H3. The SMILES string of the molecule is CCOC(=O)C(C)(CCCN(CC1CC1)CC1CC1)NC. The van der Waals surface area contributed by atoms with Crippen molar-refractivity contribution in [3.8, 4) is 0 Å². The Morgan fingerprint density at radius 2 is 1.81 bits per heavy atom. The first kappa shape index (κ1) is 16.8. The molecule has 0 saturated heterocycles. The minimum atomic E-state index is -0.541. The fourth-order valence-electron chi connectivity index (χ4n) is 2.86. The van der Waals surface area contributed by atoms with Gasteiger partial charge in [-0.15, -0.1) is 0 Å². The van der Waals surface area contributed by atoms with Crippen molar-refractivity contribution < 1.29 is 9.53 Å². The first-order valence-electron chi connectivity index (χ1n) is 8.66. The number of carbonyl (C=O) groups is 1. The predicted octanol–water partition coefficient (Wildman–Crippen LogP) is 2.43. The summed E-state index contributed by atoms with van der Waals surface area (Å²) in [4.78, 5) is 14.7. The topological polar surface area (TPSA) is 41.6 Å². The van der Waals surface area contributed by atoms with Crippen LogP contribution in [0, 0.1) is 11.8 Å². The minimum Gasteiger partial charge on any atom is -0.465 e. The molecule has 2 aliphatic rings. The molecule has 0 amide bonds. The molecule has 2 rings (SSSR count). The predicted molar refractivity (Wildman–Crippen MR) is 85.2 cm³/mol. The lowest BCUT2D eigenvalue weighted by Gasteiger charge is -2.28. The average molecular weight is 296 g/mol. The lowest BCUT2D eigenvalue weighted by molar-refractivity contribution is -0.150. The van der Waals surface area contributed by atoms with E-state index in [9.17, 15) is 4.79 Å². The van der Waals surface area contributed by atoms with Crippen LogP contribution in [0.4, 0.5) is 0 Å². The number of likely N-dealkylation sites (N-methyl/N-ethyl adjacent to an activating group) is 1. The number of nitrogens with zero attached hydrogens (tertiary/aromatic N) is 1. The second-order valence-corrected chi connectivity index (χ2v) is 7.05. The van der Waals surface area contributed by atoms with Crippen molar-refractivity contribution in [3.05, 3.63) is 0 Å². The molecule has 2 fully saturated rings. The zero-order valence-corrected chi connectivity index (χ0v) is 14.0. The van der Waals surface area contributed by atoms with Gasteiger partial charge >= 0.3 is 5.97 Å². The Kier molecular flexibility index (Phi) is 6.06. The van der Waals surface area contributed by atoms with Gasteiger partial charge in [-0.2, -0.15) is 0 Å². The highest BCUT2D eigenvalue weighted by molar-refractivity contribution is 5.80. The van der Waals surface area contributed by atoms with Crippen molar-refractivity contribution in [2.75, 3.05) is 33.3 Å². The van der Waals surface area contributed by atoms with E-state index in [0.29, 0.717) is 6.61 Å². The molecule has 1 atom stereocenters. The monoisotopic (exact) mass is 296 g/mol. The van der Waals surface area contributed by atoms with E-state index in [4.69, 9.17) is 4.74 Å². The molecule has 1 N–H and O–H groups in total. The minimum absolute atomic E-state index is 0.122. The molecule has 1 unspecified atom stereocenters. The number of rotatable bonds is 11. The molecule has 21 heavy (non-hydrogen) atoms. The maximum Gasteiger partial charge on any atom is 0.326 e. The van der Waals surface area contributed by atoms with Crippen molar-refractivity contribution in [1.29, 1.82) is 0 Å². The number of ether oxygens (including phenoxy) is 1. The van der Waals surface area contributed by atoms with Gasteiger partial charge in [-0.25, -0.2) is 0 Å². The fourth-order valence-corrected chi connectivity index (χ4v) is 2.86. The van der Waals surface area contributed by atoms with Gasteiger partial charge in [0.2, 0.25) is 0 Å². The highest BCUT2D eigenvalue weighted by Crippen LogP contribution is 2.33. The molecule has 0 heterocycles. The molecule has 0 aromatic carbocycles. The second-order valence-electron chi connectivity index (χ2n) is 7.05. The van der Waals surface area contributed by atoms with Crippen molar-refractivity contribution >= 4 is 5.97 Å². The van der Waals surface area contributed by atoms with Crippen LogP contribution in [-0.2, 0) is 9.53 Å². The van der Waals surface area contributed by atoms with E-state index in [2.05, 4.69) is 10.2 Å². The maximum absolute atomic E-state index is 12.0. The van der Waals surface area contributed by atoms with Crippen LogP contribution < -0.4 is 5.32 Å². The first-order valence-corrected chi connectivity index (χ1v) is 8.66. The van der Waals surface area contributed by atoms with Crippen LogP contribution in [-0.4, -0.2) is 49.7 Å². The van der Waals surface area contributed by atoms with Gasteiger partial charge in [-0.3, -0.25) is 4.79 Å². The summed E-state index contributed by atoms with van der Waals surface area (Å²) >= 11 is 0. The molecule has 0 aliphatic heterocycles. The highest BCUT2D eigenvalue weighted by atomic mass is 16.5. The van der Waals surface area contributed by atoms with Crippen molar-refractivity contribution in [2.24, 2.45) is 11.8 Å². The van der Waals surface area contributed by atoms with Gasteiger partial charge in [0.1, 0.15) is 5.54 Å². The Balaban J connectivity index is 1.74. The van der Waals surface area contributed by atoms with E-state index in [0.717, 1.165) is 31.2 Å². The summed E-state index contributed by atoms with van der Waals surface area (Å²) < 4.78 is 5.19. The Morgan fingerprint density at radius 3 is 2.24 bits per heavy atom. The molecule has 0 radical (unpaired) electrons. The summed E-state index contributed by atoms with van der Waals surface area (Å²) in [6, 6.07) is 0. The summed E-state index contributed by atoms with van der Waals surface area (Å²) in [7, 11) is 1.85. The summed E-state index contributed by atoms with van der Waals surface area (Å²) in [5, 5.41) is 3.15. The van der Waals surface area contributed by atoms with Gasteiger partial charge in [0.15, 0.2) is 0 Å². The Hall–Kier alpha value is -0.610. The zero-order chi connectivity index (χ0) is 15.3. The fraction of sp³-hybridized carbons (Fsp3) is 0.941. The van der Waals surface area contributed by atoms with E-state index >= 15 is 0 Å². The van der Waals surface area contributed by atoms with Gasteiger partial charge in [0.05, 0.1) is 6.61 Å². The first-order chi connectivity index (χ1) is 10.1. The molecule has 0 spiro atoms. The molecule has 4 heteroatoms. The number of hydrogen-bond donors (Lipinski definition) is 1. The highest BCUT2D eigenvalue weighted by Gasteiger charge is 2.33. The van der Waals surface area contributed by atoms with Crippen molar-refractivity contribution in [1.82, 2.24) is 10.2 Å². The van der Waals surface area contributed by atoms with Crippen molar-refractivity contribution in [3.63, 3.8) is 0 Å². The van der Waals surface area contributed by atoms with Gasteiger partial charge in [0.25, 0.3) is 0 Å². The Labute approximate surface area is 129 Å². The molecule has 2 aliphatic carbocycles. The van der Waals surface area contributed by atoms with Crippen LogP contribution in [0.3, 0.4) is 0 Å². The third-order valence-corrected chi connectivity index (χ3v) is 4.86. The smallest absolute Gasteiger partial charge is 0.326 e. The normalized spacial score (nSPS) is 21.3. The summed E-state index contributed by atoms with van der Waals surface area (Å²) in [5.74, 6) is 1.78. The number of hydrogen-bond acceptors (Lipinski definition) is 4. The number of esters is 1. The summed E-state index contributed by atoms with van der Waals surface area (Å²) in [6.45, 7) is 7.92. The van der Waals surface area contributed by atoms with Crippen LogP contribution in [0.5, 0.6) is 0 Å². The molecule has 122 valence electrons. The van der Waals surface area contributed by atoms with E-state index in [1.165, 1.54) is 38.8 Å². The lowest BCUT2D eigenvalue weighted by Crippen LogP contribution is -2.49. The van der Waals surface area contributed by atoms with E-state index in [1.807, 2.05) is 20.9 Å². The van der Waals surface area contributed by atoms with Gasteiger partial charge in [-0.1, -0.05) is 0 Å². The zero-order valence-electron chi connectivity index (χ0n) is 14.0. The van der Waals surface area contributed by atoms with Crippen LogP contribution in [0.2, 0.25) is 0 Å². The van der Waals surface area contributed by atoms with Gasteiger partial charge < -0.3 is 15.0 Å².